The fourth-order valence-electron chi connectivity index (χ4n) is 3.48. The number of nitrogens with zero attached hydrogens (tertiary/aromatic N) is 2. The van der Waals surface area contributed by atoms with E-state index in [1.54, 1.807) is 19.2 Å². The van der Waals surface area contributed by atoms with Crippen molar-refractivity contribution in [3.8, 4) is 5.75 Å². The third-order valence-corrected chi connectivity index (χ3v) is 4.96. The molecule has 0 spiro atoms. The summed E-state index contributed by atoms with van der Waals surface area (Å²) in [4.78, 5) is 17.4. The first-order chi connectivity index (χ1) is 14.3. The smallest absolute Gasteiger partial charge is 0.255 e. The van der Waals surface area contributed by atoms with E-state index in [1.807, 2.05) is 36.4 Å². The molecule has 0 atom stereocenters. The van der Waals surface area contributed by atoms with Gasteiger partial charge in [-0.25, -0.2) is 4.98 Å². The van der Waals surface area contributed by atoms with Crippen LogP contribution in [-0.4, -0.2) is 22.6 Å². The number of hydrogen-bond donors (Lipinski definition) is 1. The van der Waals surface area contributed by atoms with E-state index in [0.29, 0.717) is 17.9 Å². The molecule has 1 N–H and O–H groups in total. The lowest BCUT2D eigenvalue weighted by Crippen LogP contribution is -2.25. The largest absolute Gasteiger partial charge is 0.496 e. The summed E-state index contributed by atoms with van der Waals surface area (Å²) in [6.45, 7) is 1.14. The van der Waals surface area contributed by atoms with Crippen LogP contribution in [0.1, 0.15) is 21.7 Å². The number of imidazole rings is 1. The highest BCUT2D eigenvalue weighted by atomic mass is 16.5. The summed E-state index contributed by atoms with van der Waals surface area (Å²) < 4.78 is 7.48. The number of amides is 1. The summed E-state index contributed by atoms with van der Waals surface area (Å²) in [5, 5.41) is 2.99. The van der Waals surface area contributed by atoms with Gasteiger partial charge in [-0.2, -0.15) is 0 Å². The van der Waals surface area contributed by atoms with Crippen molar-refractivity contribution in [3.63, 3.8) is 0 Å². The molecule has 0 aliphatic rings. The Morgan fingerprint density at radius 2 is 1.69 bits per heavy atom. The second-order valence-electron chi connectivity index (χ2n) is 6.79. The number of nitrogens with one attached hydrogen (secondary N) is 1. The molecular weight excluding hydrogens is 362 g/mol. The lowest BCUT2D eigenvalue weighted by Gasteiger charge is -2.12. The number of rotatable bonds is 7. The zero-order valence-electron chi connectivity index (χ0n) is 16.3. The molecule has 0 fully saturated rings. The molecule has 0 saturated heterocycles. The van der Waals surface area contributed by atoms with Gasteiger partial charge in [0.15, 0.2) is 0 Å². The molecule has 29 heavy (non-hydrogen) atoms. The summed E-state index contributed by atoms with van der Waals surface area (Å²) >= 11 is 0. The van der Waals surface area contributed by atoms with Gasteiger partial charge in [0.25, 0.3) is 5.91 Å². The third kappa shape index (κ3) is 4.14. The van der Waals surface area contributed by atoms with Gasteiger partial charge in [0, 0.05) is 6.54 Å². The highest BCUT2D eigenvalue weighted by Crippen LogP contribution is 2.19. The molecule has 3 aromatic carbocycles. The Balaban J connectivity index is 1.56. The van der Waals surface area contributed by atoms with Gasteiger partial charge in [-0.1, -0.05) is 54.6 Å². The number of carbonyl (C=O) groups is 1. The molecule has 4 aromatic rings. The average Bonchev–Trinajstić information content (AvgIpc) is 3.14. The van der Waals surface area contributed by atoms with Gasteiger partial charge in [-0.05, 0) is 36.2 Å². The van der Waals surface area contributed by atoms with Crippen molar-refractivity contribution < 1.29 is 9.53 Å². The van der Waals surface area contributed by atoms with Crippen LogP contribution < -0.4 is 10.1 Å². The van der Waals surface area contributed by atoms with Crippen LogP contribution >= 0.6 is 0 Å². The number of hydrogen-bond acceptors (Lipinski definition) is 3. The third-order valence-electron chi connectivity index (χ3n) is 4.96. The first kappa shape index (κ1) is 18.7. The Morgan fingerprint density at radius 1 is 0.966 bits per heavy atom. The molecule has 1 aromatic heterocycles. The van der Waals surface area contributed by atoms with Crippen LogP contribution in [0.25, 0.3) is 11.0 Å². The molecule has 0 radical (unpaired) electrons. The maximum atomic E-state index is 12.7. The van der Waals surface area contributed by atoms with Crippen molar-refractivity contribution in [2.45, 2.75) is 19.5 Å². The Bertz CT molecular complexity index is 1120. The van der Waals surface area contributed by atoms with E-state index in [4.69, 9.17) is 9.72 Å². The standard InChI is InChI=1S/C24H23N3O2/c1-29-22-14-8-5-11-19(22)24(28)25-17-23-26-20-12-6-7-13-21(20)27(23)16-15-18-9-3-2-4-10-18/h2-14H,15-17H2,1H3,(H,25,28). The van der Waals surface area contributed by atoms with E-state index < -0.39 is 0 Å². The summed E-state index contributed by atoms with van der Waals surface area (Å²) in [7, 11) is 1.56. The lowest BCUT2D eigenvalue weighted by atomic mass is 10.1. The normalized spacial score (nSPS) is 10.8. The quantitative estimate of drug-likeness (QED) is 0.518. The average molecular weight is 385 g/mol. The predicted molar refractivity (Wildman–Crippen MR) is 114 cm³/mol. The maximum Gasteiger partial charge on any atom is 0.255 e. The Hall–Kier alpha value is -3.60. The molecule has 0 unspecified atom stereocenters. The highest BCUT2D eigenvalue weighted by molar-refractivity contribution is 5.96. The van der Waals surface area contributed by atoms with Crippen LogP contribution in [0.15, 0.2) is 78.9 Å². The second-order valence-corrected chi connectivity index (χ2v) is 6.79. The molecule has 1 heterocycles. The number of ether oxygens (including phenoxy) is 1. The van der Waals surface area contributed by atoms with E-state index in [2.05, 4.69) is 40.2 Å². The number of aromatic nitrogens is 2. The highest BCUT2D eigenvalue weighted by Gasteiger charge is 2.14. The van der Waals surface area contributed by atoms with E-state index in [0.717, 1.165) is 29.8 Å². The number of methoxy groups -OCH3 is 1. The van der Waals surface area contributed by atoms with Gasteiger partial charge in [-0.15, -0.1) is 0 Å². The van der Waals surface area contributed by atoms with E-state index in [1.165, 1.54) is 5.56 Å². The van der Waals surface area contributed by atoms with Crippen LogP contribution in [0, 0.1) is 0 Å². The monoisotopic (exact) mass is 385 g/mol. The fourth-order valence-corrected chi connectivity index (χ4v) is 3.48. The summed E-state index contributed by atoms with van der Waals surface area (Å²) in [5.74, 6) is 1.22. The Morgan fingerprint density at radius 3 is 2.52 bits per heavy atom. The van der Waals surface area contributed by atoms with Gasteiger partial charge in [0.1, 0.15) is 11.6 Å². The van der Waals surface area contributed by atoms with Crippen molar-refractivity contribution in [1.29, 1.82) is 0 Å². The first-order valence-corrected chi connectivity index (χ1v) is 9.65. The molecule has 0 aliphatic carbocycles. The van der Waals surface area contributed by atoms with Crippen LogP contribution in [0.3, 0.4) is 0 Å². The molecule has 5 nitrogen and oxygen atoms in total. The minimum atomic E-state index is -0.177. The van der Waals surface area contributed by atoms with Crippen molar-refractivity contribution in [2.24, 2.45) is 0 Å². The summed E-state index contributed by atoms with van der Waals surface area (Å²) in [6, 6.07) is 25.7. The molecule has 5 heteroatoms. The molecule has 1 amide bonds. The van der Waals surface area contributed by atoms with Crippen molar-refractivity contribution in [3.05, 3.63) is 95.8 Å². The number of benzene rings is 3. The van der Waals surface area contributed by atoms with Gasteiger partial charge in [0.05, 0.1) is 30.3 Å². The summed E-state index contributed by atoms with van der Waals surface area (Å²) in [5.41, 5.74) is 3.79. The van der Waals surface area contributed by atoms with Gasteiger partial charge in [0.2, 0.25) is 0 Å². The molecule has 146 valence electrons. The molecule has 0 saturated carbocycles. The minimum absolute atomic E-state index is 0.177. The van der Waals surface area contributed by atoms with Crippen LogP contribution in [0.4, 0.5) is 0 Å². The van der Waals surface area contributed by atoms with Gasteiger partial charge >= 0.3 is 0 Å². The van der Waals surface area contributed by atoms with Crippen LogP contribution in [0.2, 0.25) is 0 Å². The van der Waals surface area contributed by atoms with E-state index in [9.17, 15) is 4.79 Å². The zero-order valence-corrected chi connectivity index (χ0v) is 16.3. The Kier molecular flexibility index (Phi) is 5.56. The Labute approximate surface area is 170 Å². The maximum absolute atomic E-state index is 12.7. The molecule has 0 aliphatic heterocycles. The van der Waals surface area contributed by atoms with E-state index in [-0.39, 0.29) is 5.91 Å². The number of para-hydroxylation sites is 3. The number of carbonyl (C=O) groups excluding carboxylic acids is 1. The van der Waals surface area contributed by atoms with Crippen LogP contribution in [-0.2, 0) is 19.5 Å². The van der Waals surface area contributed by atoms with Crippen molar-refractivity contribution in [2.75, 3.05) is 7.11 Å². The minimum Gasteiger partial charge on any atom is -0.496 e. The summed E-state index contributed by atoms with van der Waals surface area (Å²) in [6.07, 6.45) is 0.897. The SMILES string of the molecule is COc1ccccc1C(=O)NCc1nc2ccccc2n1CCc1ccccc1. The lowest BCUT2D eigenvalue weighted by molar-refractivity contribution is 0.0946. The fraction of sp³-hybridized carbons (Fsp3) is 0.167. The predicted octanol–water partition coefficient (Wildman–Crippen LogP) is 4.22. The number of fused-ring (bicyclic) bond motifs is 1. The van der Waals surface area contributed by atoms with Gasteiger partial charge in [-0.3, -0.25) is 4.79 Å². The first-order valence-electron chi connectivity index (χ1n) is 9.65. The van der Waals surface area contributed by atoms with Crippen molar-refractivity contribution in [1.82, 2.24) is 14.9 Å². The molecule has 4 rings (SSSR count). The second kappa shape index (κ2) is 8.61. The van der Waals surface area contributed by atoms with Crippen LogP contribution in [0.5, 0.6) is 5.75 Å². The van der Waals surface area contributed by atoms with E-state index >= 15 is 0 Å². The number of aryl methyl sites for hydroxylation is 2. The van der Waals surface area contributed by atoms with Gasteiger partial charge < -0.3 is 14.6 Å². The molecular formula is C24H23N3O2. The molecule has 0 bridgehead atoms. The van der Waals surface area contributed by atoms with Crippen molar-refractivity contribution >= 4 is 16.9 Å². The zero-order chi connectivity index (χ0) is 20.1. The topological polar surface area (TPSA) is 56.1 Å².